The largest absolute Gasteiger partial charge is 0.352 e. The molecule has 1 saturated carbocycles. The first-order chi connectivity index (χ1) is 14.1. The van der Waals surface area contributed by atoms with Gasteiger partial charge >= 0.3 is 0 Å². The first kappa shape index (κ1) is 21.4. The number of carbonyl (C=O) groups excluding carboxylic acids is 2. The van der Waals surface area contributed by atoms with E-state index in [-0.39, 0.29) is 17.9 Å². The summed E-state index contributed by atoms with van der Waals surface area (Å²) in [5.41, 5.74) is 1.88. The fourth-order valence-electron chi connectivity index (χ4n) is 3.93. The zero-order valence-electron chi connectivity index (χ0n) is 16.9. The highest BCUT2D eigenvalue weighted by molar-refractivity contribution is 6.31. The van der Waals surface area contributed by atoms with E-state index in [4.69, 9.17) is 11.6 Å². The van der Waals surface area contributed by atoms with Crippen molar-refractivity contribution in [3.05, 3.63) is 70.7 Å². The third-order valence-electron chi connectivity index (χ3n) is 5.57. The Kier molecular flexibility index (Phi) is 7.70. The van der Waals surface area contributed by atoms with Gasteiger partial charge in [0.2, 0.25) is 11.8 Å². The van der Waals surface area contributed by atoms with Crippen molar-refractivity contribution in [3.63, 3.8) is 0 Å². The van der Waals surface area contributed by atoms with Crippen molar-refractivity contribution in [2.45, 2.75) is 64.1 Å². The summed E-state index contributed by atoms with van der Waals surface area (Å²) >= 11 is 6.36. The summed E-state index contributed by atoms with van der Waals surface area (Å²) in [6, 6.07) is 17.0. The van der Waals surface area contributed by atoms with Gasteiger partial charge in [-0.25, -0.2) is 0 Å². The highest BCUT2D eigenvalue weighted by Crippen LogP contribution is 2.22. The van der Waals surface area contributed by atoms with Gasteiger partial charge in [-0.2, -0.15) is 0 Å². The van der Waals surface area contributed by atoms with Crippen molar-refractivity contribution in [1.82, 2.24) is 10.2 Å². The SMILES string of the molecule is CCC(=O)N(Cc1ccccc1Cl)[C@H](Cc1ccccc1)C(=O)NC1CCCC1. The maximum absolute atomic E-state index is 13.3. The summed E-state index contributed by atoms with van der Waals surface area (Å²) < 4.78 is 0. The average molecular weight is 413 g/mol. The monoisotopic (exact) mass is 412 g/mol. The van der Waals surface area contributed by atoms with E-state index >= 15 is 0 Å². The molecule has 1 aliphatic carbocycles. The third-order valence-corrected chi connectivity index (χ3v) is 5.94. The molecule has 3 rings (SSSR count). The van der Waals surface area contributed by atoms with Gasteiger partial charge in [-0.15, -0.1) is 0 Å². The normalized spacial score (nSPS) is 15.1. The lowest BCUT2D eigenvalue weighted by atomic mass is 10.0. The molecule has 1 fully saturated rings. The third kappa shape index (κ3) is 5.83. The van der Waals surface area contributed by atoms with Crippen LogP contribution in [0.1, 0.15) is 50.2 Å². The van der Waals surface area contributed by atoms with E-state index in [1.807, 2.05) is 61.5 Å². The number of hydrogen-bond donors (Lipinski definition) is 1. The Labute approximate surface area is 178 Å². The Morgan fingerprint density at radius 3 is 2.38 bits per heavy atom. The number of nitrogens with one attached hydrogen (secondary N) is 1. The van der Waals surface area contributed by atoms with E-state index in [9.17, 15) is 9.59 Å². The summed E-state index contributed by atoms with van der Waals surface area (Å²) in [5.74, 6) is -0.123. The predicted molar refractivity (Wildman–Crippen MR) is 117 cm³/mol. The smallest absolute Gasteiger partial charge is 0.243 e. The minimum Gasteiger partial charge on any atom is -0.352 e. The molecule has 0 heterocycles. The van der Waals surface area contributed by atoms with Gasteiger partial charge in [0.15, 0.2) is 0 Å². The Bertz CT molecular complexity index is 819. The molecule has 1 N–H and O–H groups in total. The standard InChI is InChI=1S/C24H29ClN2O2/c1-2-23(28)27(17-19-12-6-9-15-21(19)25)22(16-18-10-4-3-5-11-18)24(29)26-20-13-7-8-14-20/h3-6,9-12,15,20,22H,2,7-8,13-14,16-17H2,1H3,(H,26,29)/t22-/m1/s1. The predicted octanol–water partition coefficient (Wildman–Crippen LogP) is 4.75. The van der Waals surface area contributed by atoms with E-state index in [1.165, 1.54) is 0 Å². The number of halogens is 1. The van der Waals surface area contributed by atoms with Crippen LogP contribution in [0.15, 0.2) is 54.6 Å². The molecule has 0 aromatic heterocycles. The highest BCUT2D eigenvalue weighted by Gasteiger charge is 2.31. The van der Waals surface area contributed by atoms with Crippen LogP contribution in [0.4, 0.5) is 0 Å². The van der Waals surface area contributed by atoms with Gasteiger partial charge < -0.3 is 10.2 Å². The van der Waals surface area contributed by atoms with Gasteiger partial charge in [-0.1, -0.05) is 79.9 Å². The van der Waals surface area contributed by atoms with Gasteiger partial charge in [-0.3, -0.25) is 9.59 Å². The van der Waals surface area contributed by atoms with Crippen molar-refractivity contribution in [2.24, 2.45) is 0 Å². The quantitative estimate of drug-likeness (QED) is 0.680. The zero-order chi connectivity index (χ0) is 20.6. The lowest BCUT2D eigenvalue weighted by molar-refractivity contribution is -0.141. The Morgan fingerprint density at radius 2 is 1.72 bits per heavy atom. The van der Waals surface area contributed by atoms with Gasteiger partial charge in [0.1, 0.15) is 6.04 Å². The van der Waals surface area contributed by atoms with Crippen molar-refractivity contribution >= 4 is 23.4 Å². The van der Waals surface area contributed by atoms with Crippen LogP contribution < -0.4 is 5.32 Å². The first-order valence-electron chi connectivity index (χ1n) is 10.5. The molecule has 0 radical (unpaired) electrons. The number of carbonyl (C=O) groups is 2. The molecule has 2 aromatic carbocycles. The number of hydrogen-bond acceptors (Lipinski definition) is 2. The molecule has 1 atom stereocenters. The number of nitrogens with zero attached hydrogens (tertiary/aromatic N) is 1. The van der Waals surface area contributed by atoms with Crippen LogP contribution in [0.5, 0.6) is 0 Å². The lowest BCUT2D eigenvalue weighted by Crippen LogP contribution is -2.52. The van der Waals surface area contributed by atoms with Gasteiger partial charge in [-0.05, 0) is 30.0 Å². The van der Waals surface area contributed by atoms with Crippen LogP contribution in [0.2, 0.25) is 5.02 Å². The molecule has 0 aliphatic heterocycles. The van der Waals surface area contributed by atoms with Crippen LogP contribution in [-0.4, -0.2) is 28.8 Å². The molecule has 0 saturated heterocycles. The first-order valence-corrected chi connectivity index (χ1v) is 10.8. The fraction of sp³-hybridized carbons (Fsp3) is 0.417. The Balaban J connectivity index is 1.88. The molecule has 0 unspecified atom stereocenters. The second-order valence-corrected chi connectivity index (χ2v) is 8.07. The maximum Gasteiger partial charge on any atom is 0.243 e. The molecule has 5 heteroatoms. The summed E-state index contributed by atoms with van der Waals surface area (Å²) in [5, 5.41) is 3.80. The van der Waals surface area contributed by atoms with Crippen LogP contribution in [-0.2, 0) is 22.6 Å². The molecule has 2 aromatic rings. The van der Waals surface area contributed by atoms with Crippen molar-refractivity contribution < 1.29 is 9.59 Å². The maximum atomic E-state index is 13.3. The second-order valence-electron chi connectivity index (χ2n) is 7.66. The summed E-state index contributed by atoms with van der Waals surface area (Å²) in [7, 11) is 0. The van der Waals surface area contributed by atoms with Crippen molar-refractivity contribution in [3.8, 4) is 0 Å². The Morgan fingerprint density at radius 1 is 1.07 bits per heavy atom. The minimum absolute atomic E-state index is 0.0487. The molecule has 4 nitrogen and oxygen atoms in total. The zero-order valence-corrected chi connectivity index (χ0v) is 17.7. The average Bonchev–Trinajstić information content (AvgIpc) is 3.25. The van der Waals surface area contributed by atoms with E-state index in [1.54, 1.807) is 4.90 Å². The summed E-state index contributed by atoms with van der Waals surface area (Å²) in [6.07, 6.45) is 5.13. The van der Waals surface area contributed by atoms with E-state index in [2.05, 4.69) is 5.32 Å². The number of rotatable bonds is 8. The van der Waals surface area contributed by atoms with Crippen molar-refractivity contribution in [1.29, 1.82) is 0 Å². The lowest BCUT2D eigenvalue weighted by Gasteiger charge is -2.32. The van der Waals surface area contributed by atoms with Gasteiger partial charge in [0.05, 0.1) is 0 Å². The molecule has 29 heavy (non-hydrogen) atoms. The van der Waals surface area contributed by atoms with Crippen LogP contribution in [0.25, 0.3) is 0 Å². The molecule has 1 aliphatic rings. The molecular formula is C24H29ClN2O2. The molecule has 0 spiro atoms. The van der Waals surface area contributed by atoms with E-state index < -0.39 is 6.04 Å². The van der Waals surface area contributed by atoms with Crippen LogP contribution >= 0.6 is 11.6 Å². The molecular weight excluding hydrogens is 384 g/mol. The van der Waals surface area contributed by atoms with Crippen molar-refractivity contribution in [2.75, 3.05) is 0 Å². The summed E-state index contributed by atoms with van der Waals surface area (Å²) in [6.45, 7) is 2.15. The second kappa shape index (κ2) is 10.4. The van der Waals surface area contributed by atoms with E-state index in [0.717, 1.165) is 36.8 Å². The topological polar surface area (TPSA) is 49.4 Å². The molecule has 2 amide bonds. The highest BCUT2D eigenvalue weighted by atomic mass is 35.5. The van der Waals surface area contributed by atoms with Gasteiger partial charge in [0, 0.05) is 30.5 Å². The van der Waals surface area contributed by atoms with Crippen LogP contribution in [0, 0.1) is 0 Å². The minimum atomic E-state index is -0.568. The fourth-order valence-corrected chi connectivity index (χ4v) is 4.13. The molecule has 154 valence electrons. The number of benzene rings is 2. The number of amides is 2. The van der Waals surface area contributed by atoms with E-state index in [0.29, 0.717) is 24.4 Å². The van der Waals surface area contributed by atoms with Crippen LogP contribution in [0.3, 0.4) is 0 Å². The van der Waals surface area contributed by atoms with Gasteiger partial charge in [0.25, 0.3) is 0 Å². The summed E-state index contributed by atoms with van der Waals surface area (Å²) in [4.78, 5) is 27.9. The molecule has 0 bridgehead atoms. The Hall–Kier alpha value is -2.33.